The molecule has 3 nitrogen and oxygen atoms in total. The molecule has 0 unspecified atom stereocenters. The summed E-state index contributed by atoms with van der Waals surface area (Å²) in [7, 11) is -0.276. The summed E-state index contributed by atoms with van der Waals surface area (Å²) in [6.07, 6.45) is 0. The van der Waals surface area contributed by atoms with Crippen molar-refractivity contribution < 1.29 is 13.6 Å². The van der Waals surface area contributed by atoms with E-state index in [1.165, 1.54) is 0 Å². The fraction of sp³-hybridized carbons (Fsp3) is 0.500. The molecule has 90 valence electrons. The van der Waals surface area contributed by atoms with Gasteiger partial charge in [0.1, 0.15) is 5.75 Å². The third-order valence-electron chi connectivity index (χ3n) is 2.24. The van der Waals surface area contributed by atoms with E-state index in [1.54, 1.807) is 7.11 Å². The summed E-state index contributed by atoms with van der Waals surface area (Å²) >= 11 is 0. The number of benzene rings is 1. The molecule has 0 fully saturated rings. The van der Waals surface area contributed by atoms with Crippen LogP contribution in [0.5, 0.6) is 5.75 Å². The maximum atomic E-state index is 5.81. The van der Waals surface area contributed by atoms with Crippen LogP contribution in [0.3, 0.4) is 0 Å². The molecule has 0 aliphatic heterocycles. The van der Waals surface area contributed by atoms with Crippen LogP contribution in [0.2, 0.25) is 13.1 Å². The zero-order valence-corrected chi connectivity index (χ0v) is 11.4. The first-order chi connectivity index (χ1) is 7.57. The average Bonchev–Trinajstić information content (AvgIpc) is 2.27. The van der Waals surface area contributed by atoms with Crippen LogP contribution in [0, 0.1) is 0 Å². The minimum atomic E-state index is -1.94. The number of rotatable bonds is 6. The molecule has 0 bridgehead atoms. The smallest absolute Gasteiger partial charge is 0.331 e. The van der Waals surface area contributed by atoms with Gasteiger partial charge in [-0.15, -0.1) is 0 Å². The standard InChI is InChI=1S/C12H20O3Si/c1-5-14-16(3,4)15-10-11-6-8-12(13-2)9-7-11/h6-9H,5,10H2,1-4H3. The number of ether oxygens (including phenoxy) is 1. The van der Waals surface area contributed by atoms with Crippen LogP contribution in [0.15, 0.2) is 24.3 Å². The highest BCUT2D eigenvalue weighted by atomic mass is 28.4. The molecule has 0 aromatic heterocycles. The van der Waals surface area contributed by atoms with Gasteiger partial charge in [-0.3, -0.25) is 0 Å². The molecule has 1 aromatic carbocycles. The Morgan fingerprint density at radius 3 is 2.19 bits per heavy atom. The molecule has 0 amide bonds. The number of methoxy groups -OCH3 is 1. The van der Waals surface area contributed by atoms with Gasteiger partial charge in [-0.05, 0) is 37.7 Å². The van der Waals surface area contributed by atoms with Crippen LogP contribution >= 0.6 is 0 Å². The van der Waals surface area contributed by atoms with Crippen LogP contribution in [-0.4, -0.2) is 22.3 Å². The van der Waals surface area contributed by atoms with Crippen LogP contribution in [0.25, 0.3) is 0 Å². The molecule has 0 atom stereocenters. The highest BCUT2D eigenvalue weighted by molar-refractivity contribution is 6.64. The predicted octanol–water partition coefficient (Wildman–Crippen LogP) is 2.95. The maximum absolute atomic E-state index is 5.81. The molecule has 0 aliphatic rings. The fourth-order valence-electron chi connectivity index (χ4n) is 1.37. The molecular formula is C12H20O3Si. The number of hydrogen-bond donors (Lipinski definition) is 0. The summed E-state index contributed by atoms with van der Waals surface area (Å²) in [4.78, 5) is 0. The first-order valence-corrected chi connectivity index (χ1v) is 8.30. The van der Waals surface area contributed by atoms with Crippen molar-refractivity contribution >= 4 is 8.56 Å². The Balaban J connectivity index is 2.48. The quantitative estimate of drug-likeness (QED) is 0.716. The van der Waals surface area contributed by atoms with Gasteiger partial charge < -0.3 is 13.6 Å². The van der Waals surface area contributed by atoms with Gasteiger partial charge in [-0.1, -0.05) is 12.1 Å². The first-order valence-electron chi connectivity index (χ1n) is 5.48. The summed E-state index contributed by atoms with van der Waals surface area (Å²) in [5.74, 6) is 0.866. The molecular weight excluding hydrogens is 220 g/mol. The minimum absolute atomic E-state index is 0.600. The molecule has 1 rings (SSSR count). The summed E-state index contributed by atoms with van der Waals surface area (Å²) in [5.41, 5.74) is 1.14. The summed E-state index contributed by atoms with van der Waals surface area (Å²) in [6, 6.07) is 7.90. The van der Waals surface area contributed by atoms with Gasteiger partial charge in [0.2, 0.25) is 0 Å². The van der Waals surface area contributed by atoms with Crippen LogP contribution in [0.4, 0.5) is 0 Å². The Labute approximate surface area is 98.6 Å². The summed E-state index contributed by atoms with van der Waals surface area (Å²) in [5, 5.41) is 0. The minimum Gasteiger partial charge on any atom is -0.497 e. The van der Waals surface area contributed by atoms with E-state index in [4.69, 9.17) is 13.6 Å². The topological polar surface area (TPSA) is 27.7 Å². The van der Waals surface area contributed by atoms with Crippen LogP contribution in [-0.2, 0) is 15.5 Å². The maximum Gasteiger partial charge on any atom is 0.331 e. The highest BCUT2D eigenvalue weighted by Crippen LogP contribution is 2.14. The van der Waals surface area contributed by atoms with Crippen molar-refractivity contribution in [2.75, 3.05) is 13.7 Å². The molecule has 0 aliphatic carbocycles. The van der Waals surface area contributed by atoms with Crippen molar-refractivity contribution in [3.8, 4) is 5.75 Å². The Hall–Kier alpha value is -0.843. The van der Waals surface area contributed by atoms with Crippen molar-refractivity contribution in [3.05, 3.63) is 29.8 Å². The SMILES string of the molecule is CCO[Si](C)(C)OCc1ccc(OC)cc1. The van der Waals surface area contributed by atoms with E-state index in [0.29, 0.717) is 13.2 Å². The Morgan fingerprint density at radius 2 is 1.69 bits per heavy atom. The van der Waals surface area contributed by atoms with Crippen molar-refractivity contribution in [3.63, 3.8) is 0 Å². The van der Waals surface area contributed by atoms with Gasteiger partial charge >= 0.3 is 8.56 Å². The van der Waals surface area contributed by atoms with E-state index in [2.05, 4.69) is 13.1 Å². The second kappa shape index (κ2) is 6.03. The van der Waals surface area contributed by atoms with Gasteiger partial charge in [0, 0.05) is 6.61 Å². The molecule has 4 heteroatoms. The van der Waals surface area contributed by atoms with Gasteiger partial charge in [-0.2, -0.15) is 0 Å². The van der Waals surface area contributed by atoms with Crippen molar-refractivity contribution in [2.24, 2.45) is 0 Å². The van der Waals surface area contributed by atoms with E-state index < -0.39 is 8.56 Å². The lowest BCUT2D eigenvalue weighted by Gasteiger charge is -2.21. The highest BCUT2D eigenvalue weighted by Gasteiger charge is 2.23. The van der Waals surface area contributed by atoms with E-state index in [0.717, 1.165) is 11.3 Å². The molecule has 0 heterocycles. The molecule has 0 N–H and O–H groups in total. The van der Waals surface area contributed by atoms with Crippen LogP contribution < -0.4 is 4.74 Å². The molecule has 16 heavy (non-hydrogen) atoms. The largest absolute Gasteiger partial charge is 0.497 e. The lowest BCUT2D eigenvalue weighted by atomic mass is 10.2. The average molecular weight is 240 g/mol. The predicted molar refractivity (Wildman–Crippen MR) is 66.9 cm³/mol. The van der Waals surface area contributed by atoms with E-state index in [-0.39, 0.29) is 0 Å². The second-order valence-electron chi connectivity index (χ2n) is 3.97. The number of hydrogen-bond acceptors (Lipinski definition) is 3. The zero-order valence-electron chi connectivity index (χ0n) is 10.4. The first kappa shape index (κ1) is 13.2. The zero-order chi connectivity index (χ0) is 12.0. The molecule has 0 saturated carbocycles. The van der Waals surface area contributed by atoms with Gasteiger partial charge in [-0.25, -0.2) is 0 Å². The monoisotopic (exact) mass is 240 g/mol. The summed E-state index contributed by atoms with van der Waals surface area (Å²) < 4.78 is 16.5. The molecule has 0 saturated heterocycles. The second-order valence-corrected chi connectivity index (χ2v) is 7.35. The molecule has 1 aromatic rings. The Bertz CT molecular complexity index is 309. The molecule has 0 spiro atoms. The van der Waals surface area contributed by atoms with E-state index >= 15 is 0 Å². The third kappa shape index (κ3) is 4.34. The Morgan fingerprint density at radius 1 is 1.06 bits per heavy atom. The van der Waals surface area contributed by atoms with Gasteiger partial charge in [0.25, 0.3) is 0 Å². The van der Waals surface area contributed by atoms with E-state index in [9.17, 15) is 0 Å². The fourth-order valence-corrected chi connectivity index (χ4v) is 2.66. The lowest BCUT2D eigenvalue weighted by molar-refractivity contribution is 0.179. The third-order valence-corrected chi connectivity index (χ3v) is 4.06. The molecule has 0 radical (unpaired) electrons. The Kier molecular flexibility index (Phi) is 4.98. The van der Waals surface area contributed by atoms with Crippen molar-refractivity contribution in [2.45, 2.75) is 26.6 Å². The summed E-state index contributed by atoms with van der Waals surface area (Å²) in [6.45, 7) is 7.41. The normalized spacial score (nSPS) is 11.5. The van der Waals surface area contributed by atoms with E-state index in [1.807, 2.05) is 31.2 Å². The van der Waals surface area contributed by atoms with Crippen molar-refractivity contribution in [1.82, 2.24) is 0 Å². The lowest BCUT2D eigenvalue weighted by Crippen LogP contribution is -2.34. The van der Waals surface area contributed by atoms with Gasteiger partial charge in [0.05, 0.1) is 13.7 Å². The van der Waals surface area contributed by atoms with Crippen LogP contribution in [0.1, 0.15) is 12.5 Å². The van der Waals surface area contributed by atoms with Gasteiger partial charge in [0.15, 0.2) is 0 Å². The van der Waals surface area contributed by atoms with Crippen molar-refractivity contribution in [1.29, 1.82) is 0 Å².